The molecule has 0 amide bonds. The molecule has 0 aliphatic rings. The van der Waals surface area contributed by atoms with Gasteiger partial charge in [-0.2, -0.15) is 0 Å². The second kappa shape index (κ2) is 14.2. The van der Waals surface area contributed by atoms with Crippen LogP contribution in [-0.2, 0) is 14.3 Å². The molecule has 0 N–H and O–H groups in total. The Morgan fingerprint density at radius 1 is 0.900 bits per heavy atom. The highest BCUT2D eigenvalue weighted by molar-refractivity contribution is 5.95. The summed E-state index contributed by atoms with van der Waals surface area (Å²) in [6, 6.07) is 0. The maximum absolute atomic E-state index is 11.4. The van der Waals surface area contributed by atoms with Gasteiger partial charge in [-0.1, -0.05) is 44.9 Å². The molecule has 0 bridgehead atoms. The van der Waals surface area contributed by atoms with Crippen molar-refractivity contribution in [3.05, 3.63) is 0 Å². The first-order chi connectivity index (χ1) is 9.70. The van der Waals surface area contributed by atoms with Gasteiger partial charge in [0.1, 0.15) is 12.2 Å². The van der Waals surface area contributed by atoms with Crippen molar-refractivity contribution in [1.29, 1.82) is 0 Å². The molecule has 0 unspecified atom stereocenters. The van der Waals surface area contributed by atoms with Crippen LogP contribution >= 0.6 is 0 Å². The molecule has 0 aromatic carbocycles. The summed E-state index contributed by atoms with van der Waals surface area (Å²) >= 11 is 0. The molecule has 0 saturated heterocycles. The standard InChI is InChI=1S/C16H29NO3/c1-17-13-11-9-7-5-3-4-6-8-10-12-15(18)14-16(19)20-2/h1,3-14H2,2H3. The summed E-state index contributed by atoms with van der Waals surface area (Å²) in [4.78, 5) is 26.1. The fourth-order valence-corrected chi connectivity index (χ4v) is 2.10. The molecule has 0 aliphatic heterocycles. The van der Waals surface area contributed by atoms with E-state index in [1.165, 1.54) is 45.6 Å². The van der Waals surface area contributed by atoms with Gasteiger partial charge in [-0.25, -0.2) is 0 Å². The largest absolute Gasteiger partial charge is 0.469 e. The fraction of sp³-hybridized carbons (Fsp3) is 0.812. The van der Waals surface area contributed by atoms with Crippen molar-refractivity contribution in [3.63, 3.8) is 0 Å². The number of hydrogen-bond donors (Lipinski definition) is 0. The Bertz CT molecular complexity index is 277. The first-order valence-electron chi connectivity index (χ1n) is 7.71. The minimum atomic E-state index is -0.429. The maximum Gasteiger partial charge on any atom is 0.313 e. The van der Waals surface area contributed by atoms with Crippen LogP contribution in [0.5, 0.6) is 0 Å². The number of unbranched alkanes of at least 4 members (excludes halogenated alkanes) is 8. The Morgan fingerprint density at radius 3 is 1.90 bits per heavy atom. The first-order valence-corrected chi connectivity index (χ1v) is 7.71. The van der Waals surface area contributed by atoms with Crippen molar-refractivity contribution in [1.82, 2.24) is 0 Å². The molecule has 0 heterocycles. The number of ether oxygens (including phenoxy) is 1. The molecule has 4 nitrogen and oxygen atoms in total. The zero-order chi connectivity index (χ0) is 15.1. The summed E-state index contributed by atoms with van der Waals surface area (Å²) in [5.74, 6) is -0.436. The molecule has 0 spiro atoms. The van der Waals surface area contributed by atoms with Crippen LogP contribution < -0.4 is 0 Å². The summed E-state index contributed by atoms with van der Waals surface area (Å²) in [5.41, 5.74) is 0. The number of carbonyl (C=O) groups excluding carboxylic acids is 2. The molecule has 0 aromatic rings. The predicted molar refractivity (Wildman–Crippen MR) is 82.2 cm³/mol. The quantitative estimate of drug-likeness (QED) is 0.211. The van der Waals surface area contributed by atoms with E-state index in [-0.39, 0.29) is 12.2 Å². The van der Waals surface area contributed by atoms with E-state index in [2.05, 4.69) is 16.4 Å². The zero-order valence-corrected chi connectivity index (χ0v) is 12.9. The normalized spacial score (nSPS) is 10.2. The number of Topliss-reactive ketones (excluding diaryl/α,β-unsaturated/α-hetero) is 1. The van der Waals surface area contributed by atoms with E-state index in [1.54, 1.807) is 0 Å². The Balaban J connectivity index is 3.18. The van der Waals surface area contributed by atoms with Gasteiger partial charge < -0.3 is 9.73 Å². The third-order valence-electron chi connectivity index (χ3n) is 3.34. The van der Waals surface area contributed by atoms with Gasteiger partial charge in [0.05, 0.1) is 7.11 Å². The van der Waals surface area contributed by atoms with Crippen LogP contribution in [0.3, 0.4) is 0 Å². The Labute approximate surface area is 123 Å². The van der Waals surface area contributed by atoms with E-state index in [4.69, 9.17) is 0 Å². The smallest absolute Gasteiger partial charge is 0.313 e. The molecular weight excluding hydrogens is 254 g/mol. The highest BCUT2D eigenvalue weighted by Gasteiger charge is 2.08. The number of ketones is 1. The Hall–Kier alpha value is -1.19. The molecule has 4 heteroatoms. The van der Waals surface area contributed by atoms with E-state index in [0.717, 1.165) is 25.8 Å². The molecule has 0 saturated carbocycles. The monoisotopic (exact) mass is 283 g/mol. The Kier molecular flexibility index (Phi) is 13.4. The van der Waals surface area contributed by atoms with Crippen LogP contribution in [0.15, 0.2) is 4.99 Å². The molecule has 0 radical (unpaired) electrons. The van der Waals surface area contributed by atoms with Gasteiger partial charge in [0.25, 0.3) is 0 Å². The summed E-state index contributed by atoms with van der Waals surface area (Å²) < 4.78 is 4.46. The number of nitrogens with zero attached hydrogens (tertiary/aromatic N) is 1. The van der Waals surface area contributed by atoms with Crippen molar-refractivity contribution in [2.24, 2.45) is 4.99 Å². The van der Waals surface area contributed by atoms with Gasteiger partial charge in [0, 0.05) is 13.0 Å². The number of hydrogen-bond acceptors (Lipinski definition) is 4. The molecular formula is C16H29NO3. The second-order valence-electron chi connectivity index (χ2n) is 5.17. The van der Waals surface area contributed by atoms with Gasteiger partial charge in [0.15, 0.2) is 0 Å². The lowest BCUT2D eigenvalue weighted by molar-refractivity contribution is -0.143. The highest BCUT2D eigenvalue weighted by Crippen LogP contribution is 2.11. The van der Waals surface area contributed by atoms with Crippen LogP contribution in [0.25, 0.3) is 0 Å². The van der Waals surface area contributed by atoms with Crippen molar-refractivity contribution < 1.29 is 14.3 Å². The summed E-state index contributed by atoms with van der Waals surface area (Å²) in [6.07, 6.45) is 11.1. The average Bonchev–Trinajstić information content (AvgIpc) is 2.44. The van der Waals surface area contributed by atoms with Gasteiger partial charge in [-0.3, -0.25) is 9.59 Å². The molecule has 0 fully saturated rings. The SMILES string of the molecule is C=NCCCCCCCCCCCC(=O)CC(=O)OC. The van der Waals surface area contributed by atoms with E-state index in [0.29, 0.717) is 6.42 Å². The van der Waals surface area contributed by atoms with E-state index < -0.39 is 5.97 Å². The Morgan fingerprint density at radius 2 is 1.40 bits per heavy atom. The van der Waals surface area contributed by atoms with Gasteiger partial charge >= 0.3 is 5.97 Å². The van der Waals surface area contributed by atoms with Crippen LogP contribution in [0, 0.1) is 0 Å². The van der Waals surface area contributed by atoms with Crippen molar-refractivity contribution in [2.75, 3.05) is 13.7 Å². The van der Waals surface area contributed by atoms with Crippen LogP contribution in [0.2, 0.25) is 0 Å². The second-order valence-corrected chi connectivity index (χ2v) is 5.17. The third kappa shape index (κ3) is 13.2. The molecule has 0 atom stereocenters. The van der Waals surface area contributed by atoms with Gasteiger partial charge in [-0.05, 0) is 19.6 Å². The zero-order valence-electron chi connectivity index (χ0n) is 12.9. The summed E-state index contributed by atoms with van der Waals surface area (Å²) in [6.45, 7) is 4.36. The minimum absolute atomic E-state index is 0.00678. The third-order valence-corrected chi connectivity index (χ3v) is 3.34. The van der Waals surface area contributed by atoms with Gasteiger partial charge in [0.2, 0.25) is 0 Å². The fourth-order valence-electron chi connectivity index (χ4n) is 2.10. The molecule has 116 valence electrons. The van der Waals surface area contributed by atoms with Gasteiger partial charge in [-0.15, -0.1) is 0 Å². The summed E-state index contributed by atoms with van der Waals surface area (Å²) in [5, 5.41) is 0. The lowest BCUT2D eigenvalue weighted by atomic mass is 10.0. The van der Waals surface area contributed by atoms with Crippen LogP contribution in [0.1, 0.15) is 70.6 Å². The maximum atomic E-state index is 11.4. The molecule has 20 heavy (non-hydrogen) atoms. The number of methoxy groups -OCH3 is 1. The number of carbonyl (C=O) groups is 2. The highest BCUT2D eigenvalue weighted by atomic mass is 16.5. The van der Waals surface area contributed by atoms with Crippen LogP contribution in [-0.4, -0.2) is 32.1 Å². The lowest BCUT2D eigenvalue weighted by Gasteiger charge is -2.02. The van der Waals surface area contributed by atoms with E-state index >= 15 is 0 Å². The number of esters is 1. The molecule has 0 aliphatic carbocycles. The van der Waals surface area contributed by atoms with Crippen LogP contribution in [0.4, 0.5) is 0 Å². The predicted octanol–water partition coefficient (Wildman–Crippen LogP) is 3.72. The number of aliphatic imine (C=N–C) groups is 1. The molecule has 0 rings (SSSR count). The minimum Gasteiger partial charge on any atom is -0.469 e. The van der Waals surface area contributed by atoms with Crippen molar-refractivity contribution in [2.45, 2.75) is 70.6 Å². The first kappa shape index (κ1) is 18.8. The van der Waals surface area contributed by atoms with Crippen molar-refractivity contribution >= 4 is 18.5 Å². The topological polar surface area (TPSA) is 55.7 Å². The lowest BCUT2D eigenvalue weighted by Crippen LogP contribution is -2.08. The summed E-state index contributed by atoms with van der Waals surface area (Å²) in [7, 11) is 1.31. The van der Waals surface area contributed by atoms with Crippen molar-refractivity contribution in [3.8, 4) is 0 Å². The van der Waals surface area contributed by atoms with E-state index in [1.807, 2.05) is 0 Å². The molecule has 0 aromatic heterocycles. The number of rotatable bonds is 14. The van der Waals surface area contributed by atoms with E-state index in [9.17, 15) is 9.59 Å². The average molecular weight is 283 g/mol.